The molecule has 0 N–H and O–H groups in total. The van der Waals surface area contributed by atoms with Crippen molar-refractivity contribution in [2.45, 2.75) is 19.9 Å². The Hall–Kier alpha value is -0.480. The van der Waals surface area contributed by atoms with Crippen molar-refractivity contribution >= 4 is 15.9 Å². The van der Waals surface area contributed by atoms with Gasteiger partial charge in [-0.1, -0.05) is 22.9 Å². The van der Waals surface area contributed by atoms with Crippen molar-refractivity contribution in [1.82, 2.24) is 9.88 Å². The Morgan fingerprint density at radius 1 is 1.47 bits per heavy atom. The minimum atomic E-state index is -0.260. The van der Waals surface area contributed by atoms with E-state index < -0.39 is 0 Å². The van der Waals surface area contributed by atoms with Crippen LogP contribution in [0.2, 0.25) is 0 Å². The molecular weight excluding hydrogens is 259 g/mol. The molecule has 0 saturated heterocycles. The zero-order valence-corrected chi connectivity index (χ0v) is 10.5. The molecule has 0 bridgehead atoms. The van der Waals surface area contributed by atoms with Gasteiger partial charge in [0.1, 0.15) is 5.82 Å². The Morgan fingerprint density at radius 2 is 2.27 bits per heavy atom. The molecule has 0 amide bonds. The van der Waals surface area contributed by atoms with Crippen molar-refractivity contribution in [2.75, 3.05) is 18.4 Å². The van der Waals surface area contributed by atoms with E-state index in [1.807, 2.05) is 0 Å². The first-order valence-electron chi connectivity index (χ1n) is 5.14. The van der Waals surface area contributed by atoms with Crippen LogP contribution in [0.5, 0.6) is 0 Å². The Labute approximate surface area is 98.6 Å². The number of nitrogens with zero attached hydrogens (tertiary/aromatic N) is 2. The van der Waals surface area contributed by atoms with E-state index in [0.29, 0.717) is 0 Å². The molecule has 0 atom stereocenters. The van der Waals surface area contributed by atoms with Gasteiger partial charge in [0, 0.05) is 18.1 Å². The van der Waals surface area contributed by atoms with Crippen LogP contribution < -0.4 is 0 Å². The molecule has 0 aromatic carbocycles. The first-order chi connectivity index (χ1) is 7.26. The highest BCUT2D eigenvalue weighted by Gasteiger charge is 2.04. The first kappa shape index (κ1) is 12.6. The number of rotatable bonds is 6. The van der Waals surface area contributed by atoms with E-state index in [1.54, 1.807) is 12.3 Å². The Balaban J connectivity index is 2.50. The second kappa shape index (κ2) is 6.90. The van der Waals surface area contributed by atoms with Gasteiger partial charge < -0.3 is 0 Å². The van der Waals surface area contributed by atoms with Gasteiger partial charge in [-0.05, 0) is 31.1 Å². The number of hydrogen-bond acceptors (Lipinski definition) is 2. The summed E-state index contributed by atoms with van der Waals surface area (Å²) in [5.41, 5.74) is 0.937. The van der Waals surface area contributed by atoms with Crippen molar-refractivity contribution < 1.29 is 4.39 Å². The van der Waals surface area contributed by atoms with Crippen LogP contribution in [0.4, 0.5) is 4.39 Å². The fourth-order valence-corrected chi connectivity index (χ4v) is 1.68. The standard InChI is InChI=1S/C11H16BrFN2/c1-2-15(5-3-4-12)9-10-6-11(13)8-14-7-10/h6-8H,2-5,9H2,1H3. The van der Waals surface area contributed by atoms with Crippen molar-refractivity contribution in [3.8, 4) is 0 Å². The summed E-state index contributed by atoms with van der Waals surface area (Å²) >= 11 is 3.41. The number of pyridine rings is 1. The second-order valence-corrected chi connectivity index (χ2v) is 4.22. The predicted molar refractivity (Wildman–Crippen MR) is 63.6 cm³/mol. The highest BCUT2D eigenvalue weighted by Crippen LogP contribution is 2.06. The maximum Gasteiger partial charge on any atom is 0.141 e. The topological polar surface area (TPSA) is 16.1 Å². The zero-order valence-electron chi connectivity index (χ0n) is 8.92. The van der Waals surface area contributed by atoms with E-state index in [0.717, 1.165) is 36.9 Å². The summed E-state index contributed by atoms with van der Waals surface area (Å²) in [4.78, 5) is 6.12. The third kappa shape index (κ3) is 4.71. The lowest BCUT2D eigenvalue weighted by atomic mass is 10.2. The molecule has 2 nitrogen and oxygen atoms in total. The van der Waals surface area contributed by atoms with Crippen molar-refractivity contribution in [3.63, 3.8) is 0 Å². The molecule has 0 radical (unpaired) electrons. The fraction of sp³-hybridized carbons (Fsp3) is 0.545. The summed E-state index contributed by atoms with van der Waals surface area (Å²) in [6, 6.07) is 1.55. The van der Waals surface area contributed by atoms with Gasteiger partial charge in [0.15, 0.2) is 0 Å². The molecule has 0 aliphatic rings. The predicted octanol–water partition coefficient (Wildman–Crippen LogP) is 2.83. The lowest BCUT2D eigenvalue weighted by molar-refractivity contribution is 0.281. The van der Waals surface area contributed by atoms with Gasteiger partial charge >= 0.3 is 0 Å². The zero-order chi connectivity index (χ0) is 11.1. The van der Waals surface area contributed by atoms with E-state index in [9.17, 15) is 4.39 Å². The van der Waals surface area contributed by atoms with Crippen LogP contribution in [0.3, 0.4) is 0 Å². The molecular formula is C11H16BrFN2. The average Bonchev–Trinajstić information content (AvgIpc) is 2.24. The second-order valence-electron chi connectivity index (χ2n) is 3.42. The summed E-state index contributed by atoms with van der Waals surface area (Å²) in [6.07, 6.45) is 4.06. The van der Waals surface area contributed by atoms with Crippen LogP contribution in [0.25, 0.3) is 0 Å². The number of hydrogen-bond donors (Lipinski definition) is 0. The van der Waals surface area contributed by atoms with Crippen LogP contribution in [-0.4, -0.2) is 28.3 Å². The highest BCUT2D eigenvalue weighted by molar-refractivity contribution is 9.09. The maximum atomic E-state index is 12.9. The van der Waals surface area contributed by atoms with Gasteiger partial charge in [-0.25, -0.2) is 4.39 Å². The van der Waals surface area contributed by atoms with Gasteiger partial charge in [-0.3, -0.25) is 9.88 Å². The Morgan fingerprint density at radius 3 is 2.87 bits per heavy atom. The van der Waals surface area contributed by atoms with Crippen LogP contribution in [0.1, 0.15) is 18.9 Å². The molecule has 4 heteroatoms. The van der Waals surface area contributed by atoms with Gasteiger partial charge in [-0.15, -0.1) is 0 Å². The molecule has 1 heterocycles. The summed E-state index contributed by atoms with van der Waals surface area (Å²) in [5.74, 6) is -0.260. The van der Waals surface area contributed by atoms with Gasteiger partial charge in [0.05, 0.1) is 6.20 Å². The molecule has 0 spiro atoms. The Bertz CT molecular complexity index is 294. The molecule has 0 fully saturated rings. The third-order valence-corrected chi connectivity index (χ3v) is 2.78. The van der Waals surface area contributed by atoms with Gasteiger partial charge in [0.25, 0.3) is 0 Å². The van der Waals surface area contributed by atoms with E-state index in [4.69, 9.17) is 0 Å². The summed E-state index contributed by atoms with van der Waals surface area (Å²) in [7, 11) is 0. The lowest BCUT2D eigenvalue weighted by Crippen LogP contribution is -2.24. The van der Waals surface area contributed by atoms with Crippen LogP contribution in [-0.2, 0) is 6.54 Å². The molecule has 1 aromatic rings. The molecule has 0 unspecified atom stereocenters. The van der Waals surface area contributed by atoms with Gasteiger partial charge in [0.2, 0.25) is 0 Å². The SMILES string of the molecule is CCN(CCCBr)Cc1cncc(F)c1. The minimum absolute atomic E-state index is 0.260. The summed E-state index contributed by atoms with van der Waals surface area (Å²) in [5, 5.41) is 1.00. The molecule has 1 rings (SSSR count). The van der Waals surface area contributed by atoms with Crippen LogP contribution >= 0.6 is 15.9 Å². The maximum absolute atomic E-state index is 12.9. The van der Waals surface area contributed by atoms with E-state index in [1.165, 1.54) is 6.20 Å². The summed E-state index contributed by atoms with van der Waals surface area (Å²) < 4.78 is 12.9. The number of halogens is 2. The molecule has 0 saturated carbocycles. The smallest absolute Gasteiger partial charge is 0.141 e. The summed E-state index contributed by atoms with van der Waals surface area (Å²) in [6.45, 7) is 4.89. The normalized spacial score (nSPS) is 10.9. The first-order valence-corrected chi connectivity index (χ1v) is 6.26. The fourth-order valence-electron chi connectivity index (χ4n) is 1.43. The number of alkyl halides is 1. The molecule has 0 aliphatic heterocycles. The molecule has 15 heavy (non-hydrogen) atoms. The molecule has 0 aliphatic carbocycles. The van der Waals surface area contributed by atoms with Crippen molar-refractivity contribution in [1.29, 1.82) is 0 Å². The largest absolute Gasteiger partial charge is 0.299 e. The highest BCUT2D eigenvalue weighted by atomic mass is 79.9. The van der Waals surface area contributed by atoms with E-state index >= 15 is 0 Å². The van der Waals surface area contributed by atoms with Crippen LogP contribution in [0.15, 0.2) is 18.5 Å². The molecule has 84 valence electrons. The van der Waals surface area contributed by atoms with E-state index in [2.05, 4.69) is 32.7 Å². The van der Waals surface area contributed by atoms with E-state index in [-0.39, 0.29) is 5.82 Å². The third-order valence-electron chi connectivity index (χ3n) is 2.22. The lowest BCUT2D eigenvalue weighted by Gasteiger charge is -2.19. The van der Waals surface area contributed by atoms with Crippen molar-refractivity contribution in [2.24, 2.45) is 0 Å². The average molecular weight is 275 g/mol. The Kier molecular flexibility index (Phi) is 5.79. The monoisotopic (exact) mass is 274 g/mol. The van der Waals surface area contributed by atoms with Gasteiger partial charge in [-0.2, -0.15) is 0 Å². The molecule has 1 aromatic heterocycles. The van der Waals surface area contributed by atoms with Crippen LogP contribution in [0, 0.1) is 5.82 Å². The minimum Gasteiger partial charge on any atom is -0.299 e. The quantitative estimate of drug-likeness (QED) is 0.742. The van der Waals surface area contributed by atoms with Crippen molar-refractivity contribution in [3.05, 3.63) is 29.8 Å². The number of aromatic nitrogens is 1.